The maximum absolute atomic E-state index is 12.4. The van der Waals surface area contributed by atoms with Gasteiger partial charge in [-0.1, -0.05) is 6.07 Å². The van der Waals surface area contributed by atoms with Crippen LogP contribution in [0.5, 0.6) is 0 Å². The van der Waals surface area contributed by atoms with Crippen LogP contribution in [0.3, 0.4) is 0 Å². The minimum absolute atomic E-state index is 0.237. The van der Waals surface area contributed by atoms with E-state index in [1.165, 1.54) is 17.2 Å². The van der Waals surface area contributed by atoms with Gasteiger partial charge in [0.25, 0.3) is 0 Å². The van der Waals surface area contributed by atoms with E-state index in [1.54, 1.807) is 0 Å². The Kier molecular flexibility index (Phi) is 3.86. The number of hydrogen-bond acceptors (Lipinski definition) is 2. The average molecular weight is 271 g/mol. The van der Waals surface area contributed by atoms with Gasteiger partial charge in [0, 0.05) is 10.6 Å². The lowest BCUT2D eigenvalue weighted by molar-refractivity contribution is -0.152. The molecule has 0 spiro atoms. The van der Waals surface area contributed by atoms with Crippen LogP contribution in [0, 0.1) is 17.2 Å². The Balaban J connectivity index is 2.00. The van der Waals surface area contributed by atoms with Crippen LogP contribution in [0.15, 0.2) is 23.1 Å². The van der Waals surface area contributed by atoms with Gasteiger partial charge in [-0.3, -0.25) is 0 Å². The highest BCUT2D eigenvalue weighted by atomic mass is 32.2. The number of halogens is 3. The first kappa shape index (κ1) is 13.3. The molecule has 1 unspecified atom stereocenters. The van der Waals surface area contributed by atoms with Crippen molar-refractivity contribution in [3.05, 3.63) is 29.3 Å². The fourth-order valence-corrected chi connectivity index (χ4v) is 3.03. The molecule has 0 aliphatic heterocycles. The van der Waals surface area contributed by atoms with E-state index in [1.807, 2.05) is 18.2 Å². The molecule has 96 valence electrons. The minimum atomic E-state index is -4.43. The third kappa shape index (κ3) is 2.99. The summed E-state index contributed by atoms with van der Waals surface area (Å²) in [7, 11) is 0. The fourth-order valence-electron chi connectivity index (χ4n) is 2.02. The van der Waals surface area contributed by atoms with E-state index >= 15 is 0 Å². The smallest absolute Gasteiger partial charge is 0.198 e. The van der Waals surface area contributed by atoms with Crippen molar-refractivity contribution in [2.24, 2.45) is 5.92 Å². The largest absolute Gasteiger partial charge is 0.405 e. The lowest BCUT2D eigenvalue weighted by Crippen LogP contribution is -2.23. The highest BCUT2D eigenvalue weighted by Crippen LogP contribution is 2.33. The summed E-state index contributed by atoms with van der Waals surface area (Å²) < 4.78 is 37.2. The zero-order valence-electron chi connectivity index (χ0n) is 9.63. The second-order valence-corrected chi connectivity index (χ2v) is 5.41. The maximum atomic E-state index is 12.4. The lowest BCUT2D eigenvalue weighted by Gasteiger charge is -2.12. The standard InChI is InChI=1S/C13H12F3NS/c14-13(15,16)11(7-17)8-18-12-5-4-9-2-1-3-10(9)6-12/h4-6,11H,1-3,8H2. The van der Waals surface area contributed by atoms with Gasteiger partial charge in [-0.15, -0.1) is 11.8 Å². The van der Waals surface area contributed by atoms with E-state index in [0.717, 1.165) is 35.9 Å². The number of hydrogen-bond donors (Lipinski definition) is 0. The zero-order chi connectivity index (χ0) is 13.2. The molecule has 0 bridgehead atoms. The van der Waals surface area contributed by atoms with Crippen molar-refractivity contribution in [1.82, 2.24) is 0 Å². The topological polar surface area (TPSA) is 23.8 Å². The summed E-state index contributed by atoms with van der Waals surface area (Å²) in [5.41, 5.74) is 2.53. The molecule has 5 heteroatoms. The normalized spacial score (nSPS) is 16.1. The molecule has 0 heterocycles. The highest BCUT2D eigenvalue weighted by Gasteiger charge is 2.39. The molecule has 0 saturated heterocycles. The van der Waals surface area contributed by atoms with E-state index in [4.69, 9.17) is 5.26 Å². The van der Waals surface area contributed by atoms with Gasteiger partial charge in [-0.25, -0.2) is 0 Å². The minimum Gasteiger partial charge on any atom is -0.198 e. The SMILES string of the molecule is N#CC(CSc1ccc2c(c1)CCC2)C(F)(F)F. The van der Waals surface area contributed by atoms with Gasteiger partial charge in [-0.2, -0.15) is 18.4 Å². The molecule has 1 aliphatic carbocycles. The van der Waals surface area contributed by atoms with E-state index < -0.39 is 12.1 Å². The van der Waals surface area contributed by atoms with Crippen LogP contribution in [0.2, 0.25) is 0 Å². The van der Waals surface area contributed by atoms with Crippen LogP contribution < -0.4 is 0 Å². The first-order valence-electron chi connectivity index (χ1n) is 5.71. The molecule has 1 atom stereocenters. The number of aryl methyl sites for hydroxylation is 2. The summed E-state index contributed by atoms with van der Waals surface area (Å²) in [4.78, 5) is 0.820. The molecule has 18 heavy (non-hydrogen) atoms. The predicted octanol–water partition coefficient (Wildman–Crippen LogP) is 3.97. The van der Waals surface area contributed by atoms with Crippen LogP contribution in [-0.2, 0) is 12.8 Å². The zero-order valence-corrected chi connectivity index (χ0v) is 10.4. The van der Waals surface area contributed by atoms with E-state index in [0.29, 0.717) is 0 Å². The van der Waals surface area contributed by atoms with Crippen molar-refractivity contribution >= 4 is 11.8 Å². The third-order valence-corrected chi connectivity index (χ3v) is 4.12. The Bertz CT molecular complexity index is 476. The Labute approximate surface area is 108 Å². The van der Waals surface area contributed by atoms with Crippen molar-refractivity contribution < 1.29 is 13.2 Å². The van der Waals surface area contributed by atoms with Gasteiger partial charge in [0.05, 0.1) is 6.07 Å². The molecule has 0 N–H and O–H groups in total. The van der Waals surface area contributed by atoms with Crippen LogP contribution in [0.25, 0.3) is 0 Å². The number of benzene rings is 1. The molecule has 1 aromatic rings. The van der Waals surface area contributed by atoms with E-state index in [2.05, 4.69) is 0 Å². The summed E-state index contributed by atoms with van der Waals surface area (Å²) in [6, 6.07) is 7.11. The molecular formula is C13H12F3NS. The van der Waals surface area contributed by atoms with Crippen molar-refractivity contribution in [2.45, 2.75) is 30.3 Å². The summed E-state index contributed by atoms with van der Waals surface area (Å²) in [5, 5.41) is 8.51. The summed E-state index contributed by atoms with van der Waals surface area (Å²) >= 11 is 1.10. The van der Waals surface area contributed by atoms with Crippen molar-refractivity contribution in [1.29, 1.82) is 5.26 Å². The van der Waals surface area contributed by atoms with Gasteiger partial charge in [0.15, 0.2) is 5.92 Å². The van der Waals surface area contributed by atoms with Crippen LogP contribution in [0.1, 0.15) is 17.5 Å². The lowest BCUT2D eigenvalue weighted by atomic mass is 10.1. The Hall–Kier alpha value is -1.15. The number of fused-ring (bicyclic) bond motifs is 1. The maximum Gasteiger partial charge on any atom is 0.405 e. The molecular weight excluding hydrogens is 259 g/mol. The second kappa shape index (κ2) is 5.23. The summed E-state index contributed by atoms with van der Waals surface area (Å²) in [6.07, 6.45) is -1.25. The summed E-state index contributed by atoms with van der Waals surface area (Å²) in [5.74, 6) is -2.13. The van der Waals surface area contributed by atoms with Crippen LogP contribution >= 0.6 is 11.8 Å². The first-order chi connectivity index (χ1) is 8.50. The number of thioether (sulfide) groups is 1. The van der Waals surface area contributed by atoms with Crippen molar-refractivity contribution in [3.8, 4) is 6.07 Å². The van der Waals surface area contributed by atoms with Gasteiger partial charge >= 0.3 is 6.18 Å². The number of rotatable bonds is 3. The molecule has 0 radical (unpaired) electrons. The third-order valence-electron chi connectivity index (χ3n) is 3.04. The van der Waals surface area contributed by atoms with Crippen LogP contribution in [-0.4, -0.2) is 11.9 Å². The molecule has 2 rings (SSSR count). The van der Waals surface area contributed by atoms with E-state index in [9.17, 15) is 13.2 Å². The van der Waals surface area contributed by atoms with Gasteiger partial charge < -0.3 is 0 Å². The molecule has 0 saturated carbocycles. The molecule has 1 aromatic carbocycles. The fraction of sp³-hybridized carbons (Fsp3) is 0.462. The predicted molar refractivity (Wildman–Crippen MR) is 64.3 cm³/mol. The van der Waals surface area contributed by atoms with Gasteiger partial charge in [0.2, 0.25) is 0 Å². The average Bonchev–Trinajstić information content (AvgIpc) is 2.75. The van der Waals surface area contributed by atoms with E-state index in [-0.39, 0.29) is 5.75 Å². The molecule has 0 fully saturated rings. The number of nitriles is 1. The van der Waals surface area contributed by atoms with Crippen LogP contribution in [0.4, 0.5) is 13.2 Å². The number of nitrogens with zero attached hydrogens (tertiary/aromatic N) is 1. The highest BCUT2D eigenvalue weighted by molar-refractivity contribution is 7.99. The molecule has 0 amide bonds. The Morgan fingerprint density at radius 3 is 2.67 bits per heavy atom. The Morgan fingerprint density at radius 1 is 1.28 bits per heavy atom. The van der Waals surface area contributed by atoms with Gasteiger partial charge in [0.1, 0.15) is 0 Å². The van der Waals surface area contributed by atoms with Gasteiger partial charge in [-0.05, 0) is 42.5 Å². The molecule has 1 nitrogen and oxygen atoms in total. The summed E-state index contributed by atoms with van der Waals surface area (Å²) in [6.45, 7) is 0. The Morgan fingerprint density at radius 2 is 2.00 bits per heavy atom. The second-order valence-electron chi connectivity index (χ2n) is 4.32. The molecule has 1 aliphatic rings. The monoisotopic (exact) mass is 271 g/mol. The first-order valence-corrected chi connectivity index (χ1v) is 6.70. The van der Waals surface area contributed by atoms with Crippen molar-refractivity contribution in [3.63, 3.8) is 0 Å². The number of alkyl halides is 3. The quantitative estimate of drug-likeness (QED) is 0.777. The van der Waals surface area contributed by atoms with Crippen molar-refractivity contribution in [2.75, 3.05) is 5.75 Å². The molecule has 0 aromatic heterocycles.